The Morgan fingerprint density at radius 3 is 2.03 bits per heavy atom. The van der Waals surface area contributed by atoms with Gasteiger partial charge in [-0.1, -0.05) is 98.0 Å². The van der Waals surface area contributed by atoms with Gasteiger partial charge < -0.3 is 5.32 Å². The molecule has 32 heavy (non-hydrogen) atoms. The molecule has 3 heteroatoms. The fourth-order valence-electron chi connectivity index (χ4n) is 3.45. The molecule has 0 saturated heterocycles. The smallest absolute Gasteiger partial charge is 0.133 e. The second kappa shape index (κ2) is 12.2. The number of hydrogen-bond acceptors (Lipinski definition) is 2. The van der Waals surface area contributed by atoms with E-state index in [4.69, 9.17) is 0 Å². The van der Waals surface area contributed by atoms with Crippen molar-refractivity contribution in [2.24, 2.45) is 9.98 Å². The Labute approximate surface area is 192 Å². The van der Waals surface area contributed by atoms with E-state index in [0.717, 1.165) is 41.2 Å². The number of hydrogen-bond donors (Lipinski definition) is 1. The van der Waals surface area contributed by atoms with E-state index in [-0.39, 0.29) is 0 Å². The summed E-state index contributed by atoms with van der Waals surface area (Å²) < 4.78 is 0. The quantitative estimate of drug-likeness (QED) is 0.265. The topological polar surface area (TPSA) is 36.8 Å². The van der Waals surface area contributed by atoms with Crippen LogP contribution in [0.5, 0.6) is 0 Å². The lowest BCUT2D eigenvalue weighted by molar-refractivity contribution is 1.21. The number of aliphatic imine (C=N–C) groups is 2. The van der Waals surface area contributed by atoms with Gasteiger partial charge in [-0.25, -0.2) is 0 Å². The van der Waals surface area contributed by atoms with Crippen LogP contribution in [0, 0.1) is 0 Å². The Morgan fingerprint density at radius 2 is 1.34 bits per heavy atom. The normalized spacial score (nSPS) is 12.6. The maximum atomic E-state index is 4.51. The molecular formula is C29H31N3. The molecule has 0 saturated carbocycles. The van der Waals surface area contributed by atoms with Crippen molar-refractivity contribution < 1.29 is 0 Å². The maximum Gasteiger partial charge on any atom is 0.133 e. The van der Waals surface area contributed by atoms with E-state index in [9.17, 15) is 0 Å². The molecule has 3 aromatic carbocycles. The number of nitrogens with zero attached hydrogens (tertiary/aromatic N) is 2. The number of benzene rings is 3. The molecule has 0 atom stereocenters. The van der Waals surface area contributed by atoms with E-state index in [1.807, 2.05) is 6.07 Å². The third-order valence-corrected chi connectivity index (χ3v) is 5.10. The predicted molar refractivity (Wildman–Crippen MR) is 139 cm³/mol. The van der Waals surface area contributed by atoms with Crippen molar-refractivity contribution in [3.63, 3.8) is 0 Å². The van der Waals surface area contributed by atoms with Crippen LogP contribution < -0.4 is 5.32 Å². The molecule has 0 aromatic heterocycles. The average Bonchev–Trinajstić information content (AvgIpc) is 2.85. The SMILES string of the molecule is CC/C=C\C=C/Cc1cccc(C(=NC)NC(=NC)c2cccc(-c3ccccc3)c2)c1. The molecule has 0 aliphatic rings. The first kappa shape index (κ1) is 23.0. The Morgan fingerprint density at radius 1 is 0.719 bits per heavy atom. The third-order valence-electron chi connectivity index (χ3n) is 5.10. The molecule has 0 unspecified atom stereocenters. The van der Waals surface area contributed by atoms with Gasteiger partial charge in [-0.15, -0.1) is 0 Å². The van der Waals surface area contributed by atoms with Crippen LogP contribution in [0.4, 0.5) is 0 Å². The molecule has 0 aliphatic heterocycles. The summed E-state index contributed by atoms with van der Waals surface area (Å²) in [5, 5.41) is 3.45. The van der Waals surface area contributed by atoms with Crippen LogP contribution in [0.25, 0.3) is 11.1 Å². The van der Waals surface area contributed by atoms with Gasteiger partial charge in [0, 0.05) is 25.2 Å². The van der Waals surface area contributed by atoms with Gasteiger partial charge in [-0.3, -0.25) is 9.98 Å². The molecule has 3 rings (SSSR count). The predicted octanol–water partition coefficient (Wildman–Crippen LogP) is 6.46. The van der Waals surface area contributed by atoms with E-state index in [0.29, 0.717) is 0 Å². The molecule has 1 N–H and O–H groups in total. The summed E-state index contributed by atoms with van der Waals surface area (Å²) in [5.41, 5.74) is 5.66. The largest absolute Gasteiger partial charge is 0.325 e. The van der Waals surface area contributed by atoms with Crippen LogP contribution in [0.1, 0.15) is 30.0 Å². The van der Waals surface area contributed by atoms with Gasteiger partial charge in [0.05, 0.1) is 0 Å². The highest BCUT2D eigenvalue weighted by Gasteiger charge is 2.10. The second-order valence-electron chi connectivity index (χ2n) is 7.39. The van der Waals surface area contributed by atoms with Gasteiger partial charge in [0.2, 0.25) is 0 Å². The van der Waals surface area contributed by atoms with Crippen molar-refractivity contribution in [3.8, 4) is 11.1 Å². The molecule has 0 aliphatic carbocycles. The Balaban J connectivity index is 1.78. The highest BCUT2D eigenvalue weighted by Crippen LogP contribution is 2.20. The van der Waals surface area contributed by atoms with Gasteiger partial charge in [0.1, 0.15) is 11.7 Å². The lowest BCUT2D eigenvalue weighted by Gasteiger charge is -2.14. The molecule has 3 nitrogen and oxygen atoms in total. The van der Waals surface area contributed by atoms with Crippen molar-refractivity contribution >= 4 is 11.7 Å². The molecule has 162 valence electrons. The first-order valence-corrected chi connectivity index (χ1v) is 11.0. The summed E-state index contributed by atoms with van der Waals surface area (Å²) in [4.78, 5) is 9.02. The second-order valence-corrected chi connectivity index (χ2v) is 7.39. The lowest BCUT2D eigenvalue weighted by Crippen LogP contribution is -2.32. The third kappa shape index (κ3) is 6.39. The van der Waals surface area contributed by atoms with Crippen molar-refractivity contribution in [2.75, 3.05) is 14.1 Å². The van der Waals surface area contributed by atoms with Crippen molar-refractivity contribution in [2.45, 2.75) is 19.8 Å². The van der Waals surface area contributed by atoms with E-state index in [2.05, 4.69) is 119 Å². The number of rotatable bonds is 7. The zero-order valence-corrected chi connectivity index (χ0v) is 19.1. The van der Waals surface area contributed by atoms with Gasteiger partial charge >= 0.3 is 0 Å². The first-order valence-electron chi connectivity index (χ1n) is 11.0. The average molecular weight is 422 g/mol. The molecule has 0 radical (unpaired) electrons. The van der Waals surface area contributed by atoms with Gasteiger partial charge in [-0.05, 0) is 41.7 Å². The van der Waals surface area contributed by atoms with Gasteiger partial charge in [0.15, 0.2) is 0 Å². The van der Waals surface area contributed by atoms with Crippen LogP contribution in [0.2, 0.25) is 0 Å². The summed E-state index contributed by atoms with van der Waals surface area (Å²) in [7, 11) is 3.61. The standard InChI is InChI=1S/C29H31N3/c1-4-5-6-7-9-14-23-15-12-19-26(21-23)28(30-2)32-29(31-3)27-20-13-18-25(22-27)24-16-10-8-11-17-24/h5-13,15-22H,4,14H2,1-3H3,(H,30,31,32)/b6-5-,9-7-. The Hall–Kier alpha value is -3.72. The molecule has 0 heterocycles. The first-order chi connectivity index (χ1) is 15.7. The molecule has 0 spiro atoms. The van der Waals surface area contributed by atoms with E-state index in [1.54, 1.807) is 14.1 Å². The summed E-state index contributed by atoms with van der Waals surface area (Å²) in [6.45, 7) is 2.14. The van der Waals surface area contributed by atoms with Crippen LogP contribution in [0.15, 0.2) is 113 Å². The summed E-state index contributed by atoms with van der Waals surface area (Å²) in [6.07, 6.45) is 10.5. The number of allylic oxidation sites excluding steroid dienone is 4. The molecule has 0 amide bonds. The monoisotopic (exact) mass is 421 g/mol. The van der Waals surface area contributed by atoms with Crippen LogP contribution >= 0.6 is 0 Å². The van der Waals surface area contributed by atoms with E-state index < -0.39 is 0 Å². The zero-order chi connectivity index (χ0) is 22.6. The minimum Gasteiger partial charge on any atom is -0.325 e. The van der Waals surface area contributed by atoms with Crippen LogP contribution in [-0.2, 0) is 6.42 Å². The van der Waals surface area contributed by atoms with Crippen molar-refractivity contribution in [1.29, 1.82) is 0 Å². The van der Waals surface area contributed by atoms with E-state index in [1.165, 1.54) is 11.1 Å². The lowest BCUT2D eigenvalue weighted by atomic mass is 10.0. The highest BCUT2D eigenvalue weighted by atomic mass is 15.0. The Bertz CT molecular complexity index is 1120. The zero-order valence-electron chi connectivity index (χ0n) is 19.1. The van der Waals surface area contributed by atoms with Gasteiger partial charge in [-0.2, -0.15) is 0 Å². The summed E-state index contributed by atoms with van der Waals surface area (Å²) in [6, 6.07) is 27.3. The maximum absolute atomic E-state index is 4.51. The van der Waals surface area contributed by atoms with Crippen LogP contribution in [-0.4, -0.2) is 25.8 Å². The fraction of sp³-hybridized carbons (Fsp3) is 0.172. The summed E-state index contributed by atoms with van der Waals surface area (Å²) >= 11 is 0. The Kier molecular flexibility index (Phi) is 8.76. The fourth-order valence-corrected chi connectivity index (χ4v) is 3.45. The minimum absolute atomic E-state index is 0.790. The molecule has 0 fully saturated rings. The summed E-state index contributed by atoms with van der Waals surface area (Å²) in [5.74, 6) is 1.59. The minimum atomic E-state index is 0.790. The van der Waals surface area contributed by atoms with E-state index >= 15 is 0 Å². The van der Waals surface area contributed by atoms with Gasteiger partial charge in [0.25, 0.3) is 0 Å². The van der Waals surface area contributed by atoms with Crippen molar-refractivity contribution in [3.05, 3.63) is 120 Å². The molecular weight excluding hydrogens is 390 g/mol. The van der Waals surface area contributed by atoms with Crippen LogP contribution in [0.3, 0.4) is 0 Å². The number of nitrogens with one attached hydrogen (secondary N) is 1. The molecule has 0 bridgehead atoms. The molecule has 3 aromatic rings. The number of amidine groups is 2. The highest BCUT2D eigenvalue weighted by molar-refractivity contribution is 6.15. The van der Waals surface area contributed by atoms with Crippen molar-refractivity contribution in [1.82, 2.24) is 5.32 Å².